The number of hydrogen-bond acceptors (Lipinski definition) is 4. The first-order chi connectivity index (χ1) is 10.3. The van der Waals surface area contributed by atoms with Crippen LogP contribution in [0.3, 0.4) is 0 Å². The zero-order valence-electron chi connectivity index (χ0n) is 13.7. The average Bonchev–Trinajstić information content (AvgIpc) is 2.47. The number of amides is 1. The molecule has 1 atom stereocenters. The van der Waals surface area contributed by atoms with E-state index >= 15 is 0 Å². The number of rotatable bonds is 8. The molecule has 0 aliphatic rings. The largest absolute Gasteiger partial charge is 0.495 e. The minimum absolute atomic E-state index is 0.0323. The Balaban J connectivity index is 2.54. The summed E-state index contributed by atoms with van der Waals surface area (Å²) in [5, 5.41) is 6.79. The van der Waals surface area contributed by atoms with Crippen molar-refractivity contribution in [3.05, 3.63) is 23.2 Å². The number of nitrogens with two attached hydrogens (primary N) is 1. The summed E-state index contributed by atoms with van der Waals surface area (Å²) < 4.78 is 5.25. The van der Waals surface area contributed by atoms with Gasteiger partial charge < -0.3 is 21.1 Å². The molecule has 4 N–H and O–H groups in total. The first kappa shape index (κ1) is 18.6. The lowest BCUT2D eigenvalue weighted by molar-refractivity contribution is -0.123. The van der Waals surface area contributed by atoms with E-state index < -0.39 is 0 Å². The van der Waals surface area contributed by atoms with Crippen LogP contribution in [0.4, 0.5) is 5.69 Å². The van der Waals surface area contributed by atoms with E-state index in [1.807, 2.05) is 20.8 Å². The fraction of sp³-hybridized carbons (Fsp3) is 0.562. The van der Waals surface area contributed by atoms with Crippen molar-refractivity contribution in [2.45, 2.75) is 32.7 Å². The molecule has 1 aromatic carbocycles. The molecule has 0 saturated heterocycles. The summed E-state index contributed by atoms with van der Waals surface area (Å²) >= 11 is 5.97. The number of methoxy groups -OCH3 is 1. The second-order valence-corrected chi connectivity index (χ2v) is 6.28. The molecule has 0 bridgehead atoms. The van der Waals surface area contributed by atoms with Crippen LogP contribution in [0.1, 0.15) is 27.2 Å². The Hall–Kier alpha value is -1.46. The van der Waals surface area contributed by atoms with Crippen molar-refractivity contribution < 1.29 is 9.53 Å². The molecule has 0 saturated carbocycles. The third-order valence-electron chi connectivity index (χ3n) is 3.95. The van der Waals surface area contributed by atoms with E-state index in [-0.39, 0.29) is 17.4 Å². The predicted molar refractivity (Wildman–Crippen MR) is 91.6 cm³/mol. The Morgan fingerprint density at radius 3 is 2.68 bits per heavy atom. The Bertz CT molecular complexity index is 508. The van der Waals surface area contributed by atoms with Gasteiger partial charge >= 0.3 is 0 Å². The third kappa shape index (κ3) is 5.07. The normalized spacial score (nSPS) is 13.6. The lowest BCUT2D eigenvalue weighted by atomic mass is 9.88. The quantitative estimate of drug-likeness (QED) is 0.686. The molecule has 1 unspecified atom stereocenters. The van der Waals surface area contributed by atoms with Gasteiger partial charge in [0.25, 0.3) is 0 Å². The van der Waals surface area contributed by atoms with Gasteiger partial charge in [-0.15, -0.1) is 0 Å². The van der Waals surface area contributed by atoms with Crippen LogP contribution >= 0.6 is 11.6 Å². The molecule has 1 rings (SSSR count). The molecule has 0 aliphatic carbocycles. The molecule has 0 fully saturated rings. The second kappa shape index (κ2) is 8.25. The van der Waals surface area contributed by atoms with Crippen molar-refractivity contribution in [2.75, 3.05) is 25.5 Å². The third-order valence-corrected chi connectivity index (χ3v) is 4.19. The van der Waals surface area contributed by atoms with Gasteiger partial charge in [0.05, 0.1) is 18.3 Å². The topological polar surface area (TPSA) is 76.4 Å². The number of hydrogen-bond donors (Lipinski definition) is 3. The number of benzene rings is 1. The second-order valence-electron chi connectivity index (χ2n) is 5.85. The average molecular weight is 328 g/mol. The van der Waals surface area contributed by atoms with Gasteiger partial charge in [0, 0.05) is 24.5 Å². The van der Waals surface area contributed by atoms with Crippen molar-refractivity contribution >= 4 is 23.2 Å². The first-order valence-corrected chi connectivity index (χ1v) is 7.78. The van der Waals surface area contributed by atoms with E-state index in [0.29, 0.717) is 30.3 Å². The molecule has 5 nitrogen and oxygen atoms in total. The van der Waals surface area contributed by atoms with Gasteiger partial charge in [-0.05, 0) is 31.0 Å². The number of nitrogens with one attached hydrogen (secondary N) is 2. The van der Waals surface area contributed by atoms with Crippen molar-refractivity contribution in [2.24, 2.45) is 11.7 Å². The summed E-state index contributed by atoms with van der Waals surface area (Å²) in [5.41, 5.74) is 6.16. The SMILES string of the molecule is COc1ccc(Cl)cc1NCCC(=O)NC(C)(CN)C(C)C. The van der Waals surface area contributed by atoms with Gasteiger partial charge in [0.2, 0.25) is 5.91 Å². The molecule has 1 aromatic rings. The predicted octanol–water partition coefficient (Wildman–Crippen LogP) is 2.64. The minimum atomic E-state index is -0.384. The van der Waals surface area contributed by atoms with Crippen LogP contribution in [0.15, 0.2) is 18.2 Å². The van der Waals surface area contributed by atoms with E-state index in [2.05, 4.69) is 10.6 Å². The number of carbonyl (C=O) groups is 1. The smallest absolute Gasteiger partial charge is 0.222 e. The Morgan fingerprint density at radius 1 is 1.45 bits per heavy atom. The molecule has 0 aromatic heterocycles. The molecule has 6 heteroatoms. The number of ether oxygens (including phenoxy) is 1. The maximum atomic E-state index is 12.1. The van der Waals surface area contributed by atoms with Crippen molar-refractivity contribution in [1.82, 2.24) is 5.32 Å². The molecule has 1 amide bonds. The fourth-order valence-electron chi connectivity index (χ4n) is 1.94. The summed E-state index contributed by atoms with van der Waals surface area (Å²) in [6.45, 7) is 6.95. The standard InChI is InChI=1S/C16H26ClN3O2/c1-11(2)16(3,10-18)20-15(21)7-8-19-13-9-12(17)5-6-14(13)22-4/h5-6,9,11,19H,7-8,10,18H2,1-4H3,(H,20,21). The number of halogens is 1. The number of anilines is 1. The van der Waals surface area contributed by atoms with E-state index in [1.54, 1.807) is 25.3 Å². The van der Waals surface area contributed by atoms with Gasteiger partial charge in [-0.25, -0.2) is 0 Å². The molecular weight excluding hydrogens is 302 g/mol. The van der Waals surface area contributed by atoms with E-state index in [1.165, 1.54) is 0 Å². The van der Waals surface area contributed by atoms with Crippen LogP contribution in [0, 0.1) is 5.92 Å². The zero-order valence-corrected chi connectivity index (χ0v) is 14.5. The van der Waals surface area contributed by atoms with Crippen LogP contribution in [-0.2, 0) is 4.79 Å². The highest BCUT2D eigenvalue weighted by atomic mass is 35.5. The summed E-state index contributed by atoms with van der Waals surface area (Å²) in [4.78, 5) is 12.1. The fourth-order valence-corrected chi connectivity index (χ4v) is 2.11. The summed E-state index contributed by atoms with van der Waals surface area (Å²) in [6.07, 6.45) is 0.345. The van der Waals surface area contributed by atoms with Crippen LogP contribution in [0.5, 0.6) is 5.75 Å². The highest BCUT2D eigenvalue weighted by Gasteiger charge is 2.28. The van der Waals surface area contributed by atoms with Gasteiger partial charge in [-0.3, -0.25) is 4.79 Å². The maximum Gasteiger partial charge on any atom is 0.222 e. The first-order valence-electron chi connectivity index (χ1n) is 7.41. The van der Waals surface area contributed by atoms with Gasteiger partial charge in [-0.2, -0.15) is 0 Å². The molecule has 0 spiro atoms. The van der Waals surface area contributed by atoms with Crippen LogP contribution < -0.4 is 21.1 Å². The molecule has 22 heavy (non-hydrogen) atoms. The van der Waals surface area contributed by atoms with Crippen LogP contribution in [-0.4, -0.2) is 31.6 Å². The van der Waals surface area contributed by atoms with Gasteiger partial charge in [-0.1, -0.05) is 25.4 Å². The van der Waals surface area contributed by atoms with E-state index in [9.17, 15) is 4.79 Å². The highest BCUT2D eigenvalue weighted by Crippen LogP contribution is 2.27. The monoisotopic (exact) mass is 327 g/mol. The Labute approximate surface area is 137 Å². The van der Waals surface area contributed by atoms with Crippen molar-refractivity contribution in [3.8, 4) is 5.75 Å². The van der Waals surface area contributed by atoms with Gasteiger partial charge in [0.1, 0.15) is 5.75 Å². The lowest BCUT2D eigenvalue weighted by Gasteiger charge is -2.33. The molecule has 0 heterocycles. The zero-order chi connectivity index (χ0) is 16.8. The Morgan fingerprint density at radius 2 is 2.14 bits per heavy atom. The Kier molecular flexibility index (Phi) is 6.97. The highest BCUT2D eigenvalue weighted by molar-refractivity contribution is 6.30. The van der Waals surface area contributed by atoms with Gasteiger partial charge in [0.15, 0.2) is 0 Å². The van der Waals surface area contributed by atoms with Crippen LogP contribution in [0.2, 0.25) is 5.02 Å². The molecule has 0 aliphatic heterocycles. The minimum Gasteiger partial charge on any atom is -0.495 e. The molecule has 124 valence electrons. The number of carbonyl (C=O) groups excluding carboxylic acids is 1. The maximum absolute atomic E-state index is 12.1. The molecular formula is C16H26ClN3O2. The summed E-state index contributed by atoms with van der Waals surface area (Å²) in [5.74, 6) is 0.927. The van der Waals surface area contributed by atoms with E-state index in [4.69, 9.17) is 22.1 Å². The van der Waals surface area contributed by atoms with Crippen molar-refractivity contribution in [1.29, 1.82) is 0 Å². The summed E-state index contributed by atoms with van der Waals surface area (Å²) in [7, 11) is 1.59. The molecule has 0 radical (unpaired) electrons. The summed E-state index contributed by atoms with van der Waals surface area (Å²) in [6, 6.07) is 5.32. The lowest BCUT2D eigenvalue weighted by Crippen LogP contribution is -2.55. The van der Waals surface area contributed by atoms with Crippen molar-refractivity contribution in [3.63, 3.8) is 0 Å². The van der Waals surface area contributed by atoms with E-state index in [0.717, 1.165) is 5.69 Å². The van der Waals surface area contributed by atoms with Crippen LogP contribution in [0.25, 0.3) is 0 Å².